The van der Waals surface area contributed by atoms with Gasteiger partial charge >= 0.3 is 0 Å². The van der Waals surface area contributed by atoms with E-state index in [9.17, 15) is 9.90 Å². The molecular formula is C14H27NO3. The zero-order valence-corrected chi connectivity index (χ0v) is 11.9. The number of carbonyl (C=O) groups excluding carboxylic acids is 1. The summed E-state index contributed by atoms with van der Waals surface area (Å²) in [7, 11) is 0. The predicted octanol–water partition coefficient (Wildman–Crippen LogP) is 1.86. The average molecular weight is 257 g/mol. The smallest absolute Gasteiger partial charge is 0.223 e. The number of carbonyl (C=O) groups is 1. The van der Waals surface area contributed by atoms with Crippen LogP contribution in [-0.4, -0.2) is 35.9 Å². The lowest BCUT2D eigenvalue weighted by molar-refractivity contribution is -0.127. The largest absolute Gasteiger partial charge is 0.385 e. The summed E-state index contributed by atoms with van der Waals surface area (Å²) in [6.07, 6.45) is 4.38. The minimum Gasteiger partial charge on any atom is -0.385 e. The normalized spacial score (nSPS) is 29.2. The molecule has 3 atom stereocenters. The van der Waals surface area contributed by atoms with E-state index in [2.05, 4.69) is 12.2 Å². The SMILES string of the molecule is CCCCC(CC)C(=O)NCC1(O)CCOC1C. The highest BCUT2D eigenvalue weighted by molar-refractivity contribution is 5.78. The van der Waals surface area contributed by atoms with E-state index in [1.54, 1.807) is 0 Å². The molecule has 4 nitrogen and oxygen atoms in total. The maximum absolute atomic E-state index is 12.0. The first kappa shape index (κ1) is 15.4. The second kappa shape index (κ2) is 7.10. The van der Waals surface area contributed by atoms with Gasteiger partial charge in [0.1, 0.15) is 5.60 Å². The van der Waals surface area contributed by atoms with Crippen LogP contribution in [0.4, 0.5) is 0 Å². The maximum atomic E-state index is 12.0. The maximum Gasteiger partial charge on any atom is 0.223 e. The van der Waals surface area contributed by atoms with Crippen LogP contribution in [0.15, 0.2) is 0 Å². The number of amides is 1. The highest BCUT2D eigenvalue weighted by Crippen LogP contribution is 2.25. The first-order valence-electron chi connectivity index (χ1n) is 7.15. The second-order valence-corrected chi connectivity index (χ2v) is 5.33. The molecule has 0 aromatic rings. The third kappa shape index (κ3) is 3.95. The van der Waals surface area contributed by atoms with E-state index in [-0.39, 0.29) is 17.9 Å². The molecule has 0 spiro atoms. The highest BCUT2D eigenvalue weighted by atomic mass is 16.5. The first-order chi connectivity index (χ1) is 8.53. The lowest BCUT2D eigenvalue weighted by Crippen LogP contribution is -2.48. The van der Waals surface area contributed by atoms with Crippen LogP contribution in [0.1, 0.15) is 52.9 Å². The third-order valence-corrected chi connectivity index (χ3v) is 4.00. The monoisotopic (exact) mass is 257 g/mol. The van der Waals surface area contributed by atoms with E-state index in [0.717, 1.165) is 25.7 Å². The van der Waals surface area contributed by atoms with Crippen molar-refractivity contribution in [1.82, 2.24) is 5.32 Å². The van der Waals surface area contributed by atoms with E-state index in [1.807, 2.05) is 13.8 Å². The van der Waals surface area contributed by atoms with Crippen LogP contribution < -0.4 is 5.32 Å². The van der Waals surface area contributed by atoms with Crippen LogP contribution >= 0.6 is 0 Å². The first-order valence-corrected chi connectivity index (χ1v) is 7.15. The van der Waals surface area contributed by atoms with Gasteiger partial charge < -0.3 is 15.2 Å². The summed E-state index contributed by atoms with van der Waals surface area (Å²) < 4.78 is 5.35. The van der Waals surface area contributed by atoms with Gasteiger partial charge in [-0.2, -0.15) is 0 Å². The van der Waals surface area contributed by atoms with E-state index >= 15 is 0 Å². The van der Waals surface area contributed by atoms with Crippen LogP contribution in [-0.2, 0) is 9.53 Å². The highest BCUT2D eigenvalue weighted by Gasteiger charge is 2.39. The van der Waals surface area contributed by atoms with Crippen molar-refractivity contribution < 1.29 is 14.6 Å². The molecular weight excluding hydrogens is 230 g/mol. The lowest BCUT2D eigenvalue weighted by atomic mass is 9.95. The third-order valence-electron chi connectivity index (χ3n) is 4.00. The van der Waals surface area contributed by atoms with Gasteiger partial charge in [0.2, 0.25) is 5.91 Å². The van der Waals surface area contributed by atoms with Crippen molar-refractivity contribution in [2.24, 2.45) is 5.92 Å². The average Bonchev–Trinajstić information content (AvgIpc) is 2.69. The van der Waals surface area contributed by atoms with Crippen LogP contribution in [0.2, 0.25) is 0 Å². The second-order valence-electron chi connectivity index (χ2n) is 5.33. The van der Waals surface area contributed by atoms with Gasteiger partial charge in [-0.25, -0.2) is 0 Å². The fourth-order valence-corrected chi connectivity index (χ4v) is 2.36. The van der Waals surface area contributed by atoms with Crippen LogP contribution in [0.3, 0.4) is 0 Å². The molecule has 1 saturated heterocycles. The van der Waals surface area contributed by atoms with E-state index in [4.69, 9.17) is 4.74 Å². The fraction of sp³-hybridized carbons (Fsp3) is 0.929. The molecule has 18 heavy (non-hydrogen) atoms. The molecule has 4 heteroatoms. The molecule has 1 aliphatic rings. The fourth-order valence-electron chi connectivity index (χ4n) is 2.36. The summed E-state index contributed by atoms with van der Waals surface area (Å²) in [5.74, 6) is 0.143. The Morgan fingerprint density at radius 2 is 2.28 bits per heavy atom. The van der Waals surface area contributed by atoms with Crippen molar-refractivity contribution in [2.45, 2.75) is 64.6 Å². The predicted molar refractivity (Wildman–Crippen MR) is 71.3 cm³/mol. The Hall–Kier alpha value is -0.610. The zero-order chi connectivity index (χ0) is 13.6. The summed E-state index contributed by atoms with van der Waals surface area (Å²) in [6, 6.07) is 0. The Morgan fingerprint density at radius 1 is 1.56 bits per heavy atom. The van der Waals surface area contributed by atoms with Crippen molar-refractivity contribution in [3.63, 3.8) is 0 Å². The lowest BCUT2D eigenvalue weighted by Gasteiger charge is -2.27. The van der Waals surface area contributed by atoms with Crippen LogP contribution in [0.5, 0.6) is 0 Å². The standard InChI is InChI=1S/C14H27NO3/c1-4-6-7-12(5-2)13(16)15-10-14(17)8-9-18-11(14)3/h11-12,17H,4-10H2,1-3H3,(H,15,16). The van der Waals surface area contributed by atoms with Crippen molar-refractivity contribution >= 4 is 5.91 Å². The molecule has 0 aromatic carbocycles. The number of rotatable bonds is 7. The molecule has 0 aliphatic carbocycles. The molecule has 1 aliphatic heterocycles. The zero-order valence-electron chi connectivity index (χ0n) is 11.9. The Balaban J connectivity index is 2.39. The summed E-state index contributed by atoms with van der Waals surface area (Å²) in [5.41, 5.74) is -0.890. The van der Waals surface area contributed by atoms with Crippen LogP contribution in [0, 0.1) is 5.92 Å². The quantitative estimate of drug-likeness (QED) is 0.732. The molecule has 0 radical (unpaired) electrons. The molecule has 2 N–H and O–H groups in total. The van der Waals surface area contributed by atoms with Gasteiger partial charge in [0.15, 0.2) is 0 Å². The molecule has 1 heterocycles. The number of hydrogen-bond donors (Lipinski definition) is 2. The van der Waals surface area contributed by atoms with Crippen molar-refractivity contribution in [3.8, 4) is 0 Å². The molecule has 3 unspecified atom stereocenters. The number of ether oxygens (including phenoxy) is 1. The summed E-state index contributed by atoms with van der Waals surface area (Å²) in [4.78, 5) is 12.0. The van der Waals surface area contributed by atoms with Gasteiger partial charge in [0.25, 0.3) is 0 Å². The van der Waals surface area contributed by atoms with Crippen molar-refractivity contribution in [1.29, 1.82) is 0 Å². The number of aliphatic hydroxyl groups is 1. The molecule has 1 amide bonds. The number of unbranched alkanes of at least 4 members (excludes halogenated alkanes) is 1. The topological polar surface area (TPSA) is 58.6 Å². The van der Waals surface area contributed by atoms with E-state index in [0.29, 0.717) is 19.6 Å². The van der Waals surface area contributed by atoms with Gasteiger partial charge in [0, 0.05) is 25.5 Å². The Morgan fingerprint density at radius 3 is 2.78 bits per heavy atom. The van der Waals surface area contributed by atoms with E-state index in [1.165, 1.54) is 0 Å². The van der Waals surface area contributed by atoms with Gasteiger partial charge in [-0.15, -0.1) is 0 Å². The molecule has 0 saturated carbocycles. The number of nitrogens with one attached hydrogen (secondary N) is 1. The Kier molecular flexibility index (Phi) is 6.09. The van der Waals surface area contributed by atoms with Gasteiger partial charge in [-0.3, -0.25) is 4.79 Å². The van der Waals surface area contributed by atoms with Crippen LogP contribution in [0.25, 0.3) is 0 Å². The van der Waals surface area contributed by atoms with Gasteiger partial charge in [-0.1, -0.05) is 26.7 Å². The van der Waals surface area contributed by atoms with Gasteiger partial charge in [-0.05, 0) is 19.8 Å². The van der Waals surface area contributed by atoms with E-state index < -0.39 is 5.60 Å². The molecule has 0 aromatic heterocycles. The minimum atomic E-state index is -0.890. The van der Waals surface area contributed by atoms with Crippen molar-refractivity contribution in [2.75, 3.05) is 13.2 Å². The number of hydrogen-bond acceptors (Lipinski definition) is 3. The molecule has 1 fully saturated rings. The minimum absolute atomic E-state index is 0.0680. The molecule has 0 bridgehead atoms. The molecule has 1 rings (SSSR count). The summed E-state index contributed by atoms with van der Waals surface area (Å²) in [6.45, 7) is 6.89. The van der Waals surface area contributed by atoms with Crippen molar-refractivity contribution in [3.05, 3.63) is 0 Å². The molecule has 106 valence electrons. The summed E-state index contributed by atoms with van der Waals surface area (Å²) in [5, 5.41) is 13.2. The summed E-state index contributed by atoms with van der Waals surface area (Å²) >= 11 is 0. The van der Waals surface area contributed by atoms with Gasteiger partial charge in [0.05, 0.1) is 6.10 Å². The Labute approximate surface area is 110 Å². The Bertz CT molecular complexity index is 270.